The van der Waals surface area contributed by atoms with E-state index in [1.54, 1.807) is 11.3 Å². The SMILES string of the molecule is C[NH+](CC(=O)Nc1c(F)cccc1F)Cc1ccc(Br)s1. The maximum Gasteiger partial charge on any atom is 0.279 e. The number of rotatable bonds is 5. The molecule has 21 heavy (non-hydrogen) atoms. The first-order valence-corrected chi connectivity index (χ1v) is 7.86. The highest BCUT2D eigenvalue weighted by Gasteiger charge is 2.16. The Morgan fingerprint density at radius 1 is 1.29 bits per heavy atom. The van der Waals surface area contributed by atoms with E-state index in [0.717, 1.165) is 25.7 Å². The van der Waals surface area contributed by atoms with E-state index in [1.165, 1.54) is 6.07 Å². The van der Waals surface area contributed by atoms with E-state index in [4.69, 9.17) is 0 Å². The van der Waals surface area contributed by atoms with Gasteiger partial charge in [-0.2, -0.15) is 0 Å². The number of hydrogen-bond donors (Lipinski definition) is 2. The number of anilines is 1. The van der Waals surface area contributed by atoms with Crippen molar-refractivity contribution in [3.05, 3.63) is 50.6 Å². The molecule has 112 valence electrons. The zero-order valence-electron chi connectivity index (χ0n) is 11.3. The summed E-state index contributed by atoms with van der Waals surface area (Å²) >= 11 is 4.98. The first-order chi connectivity index (χ1) is 9.95. The summed E-state index contributed by atoms with van der Waals surface area (Å²) < 4.78 is 27.9. The lowest BCUT2D eigenvalue weighted by Gasteiger charge is -2.13. The van der Waals surface area contributed by atoms with Crippen molar-refractivity contribution in [2.45, 2.75) is 6.54 Å². The number of carbonyl (C=O) groups is 1. The molecule has 1 aromatic carbocycles. The van der Waals surface area contributed by atoms with Crippen LogP contribution in [-0.4, -0.2) is 19.5 Å². The predicted octanol–water partition coefficient (Wildman–Crippen LogP) is 2.44. The first kappa shape index (κ1) is 16.1. The Morgan fingerprint density at radius 3 is 2.52 bits per heavy atom. The zero-order chi connectivity index (χ0) is 15.4. The molecule has 0 saturated carbocycles. The van der Waals surface area contributed by atoms with Crippen LogP contribution in [0.15, 0.2) is 34.1 Å². The standard InChI is InChI=1S/C14H13BrF2N2OS/c1-19(7-9-5-6-12(15)21-9)8-13(20)18-14-10(16)3-2-4-11(14)17/h2-6H,7-8H2,1H3,(H,18,20)/p+1. The van der Waals surface area contributed by atoms with Crippen molar-refractivity contribution >= 4 is 38.9 Å². The van der Waals surface area contributed by atoms with Crippen LogP contribution in [-0.2, 0) is 11.3 Å². The Balaban J connectivity index is 1.92. The molecule has 1 amide bonds. The van der Waals surface area contributed by atoms with E-state index in [9.17, 15) is 13.6 Å². The zero-order valence-corrected chi connectivity index (χ0v) is 13.7. The van der Waals surface area contributed by atoms with E-state index in [-0.39, 0.29) is 6.54 Å². The smallest absolute Gasteiger partial charge is 0.279 e. The van der Waals surface area contributed by atoms with Gasteiger partial charge < -0.3 is 10.2 Å². The number of para-hydroxylation sites is 1. The summed E-state index contributed by atoms with van der Waals surface area (Å²) in [6.45, 7) is 0.798. The van der Waals surface area contributed by atoms with Crippen molar-refractivity contribution in [3.63, 3.8) is 0 Å². The summed E-state index contributed by atoms with van der Waals surface area (Å²) in [6, 6.07) is 7.40. The van der Waals surface area contributed by atoms with Crippen molar-refractivity contribution in [1.29, 1.82) is 0 Å². The molecule has 0 aliphatic heterocycles. The van der Waals surface area contributed by atoms with Crippen molar-refractivity contribution in [1.82, 2.24) is 0 Å². The number of carbonyl (C=O) groups excluding carboxylic acids is 1. The monoisotopic (exact) mass is 375 g/mol. The lowest BCUT2D eigenvalue weighted by molar-refractivity contribution is -0.884. The van der Waals surface area contributed by atoms with E-state index >= 15 is 0 Å². The second kappa shape index (κ2) is 7.11. The highest BCUT2D eigenvalue weighted by atomic mass is 79.9. The molecule has 1 atom stereocenters. The number of hydrogen-bond acceptors (Lipinski definition) is 2. The Morgan fingerprint density at radius 2 is 1.95 bits per heavy atom. The van der Waals surface area contributed by atoms with E-state index in [2.05, 4.69) is 21.2 Å². The van der Waals surface area contributed by atoms with E-state index in [0.29, 0.717) is 6.54 Å². The highest BCUT2D eigenvalue weighted by Crippen LogP contribution is 2.21. The number of amides is 1. The summed E-state index contributed by atoms with van der Waals surface area (Å²) in [5, 5.41) is 2.28. The topological polar surface area (TPSA) is 33.5 Å². The van der Waals surface area contributed by atoms with Crippen LogP contribution in [0, 0.1) is 11.6 Å². The first-order valence-electron chi connectivity index (χ1n) is 6.25. The molecule has 3 nitrogen and oxygen atoms in total. The minimum atomic E-state index is -0.775. The van der Waals surface area contributed by atoms with Gasteiger partial charge in [-0.05, 0) is 40.2 Å². The second-order valence-electron chi connectivity index (χ2n) is 4.66. The van der Waals surface area contributed by atoms with Crippen molar-refractivity contribution < 1.29 is 18.5 Å². The molecule has 0 fully saturated rings. The minimum Gasteiger partial charge on any atom is -0.325 e. The van der Waals surface area contributed by atoms with E-state index < -0.39 is 23.2 Å². The third kappa shape index (κ3) is 4.59. The highest BCUT2D eigenvalue weighted by molar-refractivity contribution is 9.11. The molecule has 1 heterocycles. The molecule has 1 aromatic heterocycles. The summed E-state index contributed by atoms with van der Waals surface area (Å²) in [6.07, 6.45) is 0. The van der Waals surface area contributed by atoms with Crippen LogP contribution >= 0.6 is 27.3 Å². The molecular weight excluding hydrogens is 362 g/mol. The third-order valence-corrected chi connectivity index (χ3v) is 4.42. The largest absolute Gasteiger partial charge is 0.325 e. The van der Waals surface area contributed by atoms with Crippen LogP contribution in [0.25, 0.3) is 0 Å². The van der Waals surface area contributed by atoms with Gasteiger partial charge in [-0.15, -0.1) is 11.3 Å². The van der Waals surface area contributed by atoms with Gasteiger partial charge in [-0.1, -0.05) is 6.07 Å². The second-order valence-corrected chi connectivity index (χ2v) is 7.21. The molecule has 0 aliphatic carbocycles. The molecule has 2 aromatic rings. The van der Waals surface area contributed by atoms with Crippen LogP contribution in [0.2, 0.25) is 0 Å². The third-order valence-electron chi connectivity index (χ3n) is 2.79. The quantitative estimate of drug-likeness (QED) is 0.826. The van der Waals surface area contributed by atoms with Crippen molar-refractivity contribution in [2.24, 2.45) is 0 Å². The summed E-state index contributed by atoms with van der Waals surface area (Å²) in [4.78, 5) is 13.9. The van der Waals surface area contributed by atoms with Gasteiger partial charge in [0.25, 0.3) is 5.91 Å². The molecule has 0 spiro atoms. The lowest BCUT2D eigenvalue weighted by Crippen LogP contribution is -3.08. The molecule has 1 unspecified atom stereocenters. The molecule has 0 bridgehead atoms. The molecule has 7 heteroatoms. The summed E-state index contributed by atoms with van der Waals surface area (Å²) in [5.41, 5.74) is -0.394. The molecule has 0 radical (unpaired) electrons. The van der Waals surface area contributed by atoms with Crippen molar-refractivity contribution in [3.8, 4) is 0 Å². The average Bonchev–Trinajstić information content (AvgIpc) is 2.79. The van der Waals surface area contributed by atoms with Gasteiger partial charge in [0.2, 0.25) is 0 Å². The Kier molecular flexibility index (Phi) is 5.44. The Hall–Kier alpha value is -1.31. The number of nitrogens with one attached hydrogen (secondary N) is 2. The number of halogens is 3. The fraction of sp³-hybridized carbons (Fsp3) is 0.214. The van der Waals surface area contributed by atoms with Gasteiger partial charge in [0, 0.05) is 0 Å². The molecule has 2 rings (SSSR count). The number of quaternary nitrogens is 1. The molecular formula is C14H14BrF2N2OS+. The molecule has 0 saturated heterocycles. The minimum absolute atomic E-state index is 0.128. The summed E-state index contributed by atoms with van der Waals surface area (Å²) in [5.74, 6) is -1.97. The number of likely N-dealkylation sites (N-methyl/N-ethyl adjacent to an activating group) is 1. The average molecular weight is 376 g/mol. The van der Waals surface area contributed by atoms with Crippen LogP contribution in [0.1, 0.15) is 4.88 Å². The van der Waals surface area contributed by atoms with Gasteiger partial charge in [-0.3, -0.25) is 4.79 Å². The fourth-order valence-electron chi connectivity index (χ4n) is 1.88. The Bertz CT molecular complexity index is 627. The maximum atomic E-state index is 13.4. The lowest BCUT2D eigenvalue weighted by atomic mass is 10.3. The van der Waals surface area contributed by atoms with Gasteiger partial charge >= 0.3 is 0 Å². The van der Waals surface area contributed by atoms with Crippen molar-refractivity contribution in [2.75, 3.05) is 18.9 Å². The normalized spacial score (nSPS) is 12.2. The molecule has 2 N–H and O–H groups in total. The van der Waals surface area contributed by atoms with E-state index in [1.807, 2.05) is 19.2 Å². The van der Waals surface area contributed by atoms with Gasteiger partial charge in [0.05, 0.1) is 15.7 Å². The maximum absolute atomic E-state index is 13.4. The fourth-order valence-corrected chi connectivity index (χ4v) is 3.48. The van der Waals surface area contributed by atoms with Gasteiger partial charge in [-0.25, -0.2) is 8.78 Å². The van der Waals surface area contributed by atoms with Gasteiger partial charge in [0.1, 0.15) is 23.9 Å². The molecule has 0 aliphatic rings. The number of thiophene rings is 1. The van der Waals surface area contributed by atoms with Gasteiger partial charge in [0.15, 0.2) is 6.54 Å². The van der Waals surface area contributed by atoms with Crippen LogP contribution in [0.5, 0.6) is 0 Å². The van der Waals surface area contributed by atoms with Crippen LogP contribution < -0.4 is 10.2 Å². The van der Waals surface area contributed by atoms with Crippen LogP contribution in [0.3, 0.4) is 0 Å². The summed E-state index contributed by atoms with van der Waals surface area (Å²) in [7, 11) is 1.85. The predicted molar refractivity (Wildman–Crippen MR) is 82.5 cm³/mol. The van der Waals surface area contributed by atoms with Crippen LogP contribution in [0.4, 0.5) is 14.5 Å². The number of benzene rings is 1. The Labute approximate surface area is 133 Å².